The summed E-state index contributed by atoms with van der Waals surface area (Å²) in [5.74, 6) is -0.830. The lowest BCUT2D eigenvalue weighted by atomic mass is 10.2. The number of esters is 1. The molecule has 0 bridgehead atoms. The van der Waals surface area contributed by atoms with Crippen molar-refractivity contribution >= 4 is 34.9 Å². The van der Waals surface area contributed by atoms with Crippen LogP contribution in [0.2, 0.25) is 10.0 Å². The van der Waals surface area contributed by atoms with E-state index in [0.29, 0.717) is 10.7 Å². The van der Waals surface area contributed by atoms with E-state index in [1.54, 1.807) is 6.07 Å². The molecule has 3 N–H and O–H groups in total. The van der Waals surface area contributed by atoms with Crippen LogP contribution in [0.1, 0.15) is 10.4 Å². The van der Waals surface area contributed by atoms with Crippen LogP contribution in [0.15, 0.2) is 36.4 Å². The highest BCUT2D eigenvalue weighted by Gasteiger charge is 2.15. The fourth-order valence-electron chi connectivity index (χ4n) is 1.43. The number of anilines is 1. The van der Waals surface area contributed by atoms with E-state index in [1.165, 1.54) is 30.3 Å². The van der Waals surface area contributed by atoms with Crippen molar-refractivity contribution in [1.82, 2.24) is 0 Å². The Balaban J connectivity index is 2.25. The van der Waals surface area contributed by atoms with Crippen LogP contribution in [-0.2, 0) is 0 Å². The fourth-order valence-corrected chi connectivity index (χ4v) is 1.88. The lowest BCUT2D eigenvalue weighted by Crippen LogP contribution is -2.09. The summed E-state index contributed by atoms with van der Waals surface area (Å²) < 4.78 is 5.08. The molecule has 0 saturated carbocycles. The van der Waals surface area contributed by atoms with Crippen LogP contribution < -0.4 is 10.5 Å². The Kier molecular flexibility index (Phi) is 3.83. The summed E-state index contributed by atoms with van der Waals surface area (Å²) in [5.41, 5.74) is 5.82. The molecule has 2 aromatic carbocycles. The molecule has 0 aromatic heterocycles. The number of carbonyl (C=O) groups is 1. The van der Waals surface area contributed by atoms with Gasteiger partial charge in [-0.15, -0.1) is 0 Å². The molecule has 2 aromatic rings. The summed E-state index contributed by atoms with van der Waals surface area (Å²) in [4.78, 5) is 11.9. The molecule has 4 nitrogen and oxygen atoms in total. The standard InChI is InChI=1S/C13H9Cl2NO3/c14-7-1-4-12(10(15)5-7)19-13(18)9-3-2-8(16)6-11(9)17/h1-6,17H,16H2. The highest BCUT2D eigenvalue weighted by Crippen LogP contribution is 2.29. The second-order valence-corrected chi connectivity index (χ2v) is 4.58. The Morgan fingerprint density at radius 1 is 1.16 bits per heavy atom. The number of phenols is 1. The number of hydrogen-bond donors (Lipinski definition) is 2. The van der Waals surface area contributed by atoms with E-state index in [0.717, 1.165) is 0 Å². The van der Waals surface area contributed by atoms with Crippen LogP contribution in [0.4, 0.5) is 5.69 Å². The maximum absolute atomic E-state index is 11.9. The lowest BCUT2D eigenvalue weighted by Gasteiger charge is -2.08. The smallest absolute Gasteiger partial charge is 0.347 e. The molecule has 0 amide bonds. The molecule has 2 rings (SSSR count). The highest BCUT2D eigenvalue weighted by molar-refractivity contribution is 6.35. The van der Waals surface area contributed by atoms with Crippen LogP contribution in [0.3, 0.4) is 0 Å². The van der Waals surface area contributed by atoms with Crippen molar-refractivity contribution in [1.29, 1.82) is 0 Å². The first kappa shape index (κ1) is 13.5. The van der Waals surface area contributed by atoms with Gasteiger partial charge >= 0.3 is 5.97 Å². The third-order valence-electron chi connectivity index (χ3n) is 2.34. The number of nitrogen functional groups attached to an aromatic ring is 1. The number of ether oxygens (including phenoxy) is 1. The number of hydrogen-bond acceptors (Lipinski definition) is 4. The third-order valence-corrected chi connectivity index (χ3v) is 2.87. The van der Waals surface area contributed by atoms with Gasteiger partial charge in [0.15, 0.2) is 0 Å². The maximum Gasteiger partial charge on any atom is 0.347 e. The first-order valence-corrected chi connectivity index (χ1v) is 5.98. The zero-order valence-electron chi connectivity index (χ0n) is 9.56. The first-order valence-electron chi connectivity index (χ1n) is 5.23. The number of halogens is 2. The van der Waals surface area contributed by atoms with Crippen LogP contribution in [0, 0.1) is 0 Å². The SMILES string of the molecule is Nc1ccc(C(=O)Oc2ccc(Cl)cc2Cl)c(O)c1. The molecule has 0 fully saturated rings. The predicted octanol–water partition coefficient (Wildman–Crippen LogP) is 3.50. The van der Waals surface area contributed by atoms with E-state index in [1.807, 2.05) is 0 Å². The Morgan fingerprint density at radius 3 is 2.53 bits per heavy atom. The monoisotopic (exact) mass is 297 g/mol. The molecule has 0 spiro atoms. The van der Waals surface area contributed by atoms with E-state index in [-0.39, 0.29) is 22.1 Å². The minimum atomic E-state index is -0.735. The quantitative estimate of drug-likeness (QED) is 0.505. The summed E-state index contributed by atoms with van der Waals surface area (Å²) in [6.45, 7) is 0. The van der Waals surface area contributed by atoms with Gasteiger partial charge in [-0.2, -0.15) is 0 Å². The maximum atomic E-state index is 11.9. The summed E-state index contributed by atoms with van der Waals surface area (Å²) >= 11 is 11.6. The number of rotatable bonds is 2. The first-order chi connectivity index (χ1) is 8.97. The number of aromatic hydroxyl groups is 1. The number of phenolic OH excluding ortho intramolecular Hbond substituents is 1. The summed E-state index contributed by atoms with van der Waals surface area (Å²) in [6, 6.07) is 8.58. The Hall–Kier alpha value is -1.91. The molecule has 19 heavy (non-hydrogen) atoms. The topological polar surface area (TPSA) is 72.6 Å². The van der Waals surface area contributed by atoms with Gasteiger partial charge in [-0.05, 0) is 30.3 Å². The van der Waals surface area contributed by atoms with Gasteiger partial charge in [0.2, 0.25) is 0 Å². The molecule has 0 heterocycles. The molecule has 0 aliphatic carbocycles. The molecular formula is C13H9Cl2NO3. The molecule has 98 valence electrons. The van der Waals surface area contributed by atoms with Gasteiger partial charge in [-0.1, -0.05) is 23.2 Å². The van der Waals surface area contributed by atoms with E-state index in [4.69, 9.17) is 33.7 Å². The van der Waals surface area contributed by atoms with Gasteiger partial charge in [0.1, 0.15) is 17.1 Å². The zero-order valence-corrected chi connectivity index (χ0v) is 11.1. The summed E-state index contributed by atoms with van der Waals surface area (Å²) in [7, 11) is 0. The summed E-state index contributed by atoms with van der Waals surface area (Å²) in [6.07, 6.45) is 0. The highest BCUT2D eigenvalue weighted by atomic mass is 35.5. The van der Waals surface area contributed by atoms with Gasteiger partial charge in [0, 0.05) is 16.8 Å². The van der Waals surface area contributed by atoms with E-state index in [2.05, 4.69) is 0 Å². The van der Waals surface area contributed by atoms with Crippen molar-refractivity contribution in [3.8, 4) is 11.5 Å². The van der Waals surface area contributed by atoms with Crippen molar-refractivity contribution in [3.05, 3.63) is 52.0 Å². The van der Waals surface area contributed by atoms with E-state index >= 15 is 0 Å². The van der Waals surface area contributed by atoms with Crippen molar-refractivity contribution in [2.45, 2.75) is 0 Å². The molecule has 6 heteroatoms. The van der Waals surface area contributed by atoms with Crippen molar-refractivity contribution < 1.29 is 14.6 Å². The second-order valence-electron chi connectivity index (χ2n) is 3.74. The average molecular weight is 298 g/mol. The van der Waals surface area contributed by atoms with Crippen molar-refractivity contribution in [3.63, 3.8) is 0 Å². The van der Waals surface area contributed by atoms with E-state index < -0.39 is 5.97 Å². The molecule has 0 radical (unpaired) electrons. The molecule has 0 unspecified atom stereocenters. The second kappa shape index (κ2) is 5.38. The van der Waals surface area contributed by atoms with Crippen LogP contribution in [-0.4, -0.2) is 11.1 Å². The average Bonchev–Trinajstić information content (AvgIpc) is 2.32. The minimum absolute atomic E-state index is 0.000201. The minimum Gasteiger partial charge on any atom is -0.507 e. The fraction of sp³-hybridized carbons (Fsp3) is 0. The van der Waals surface area contributed by atoms with Gasteiger partial charge in [0.25, 0.3) is 0 Å². The van der Waals surface area contributed by atoms with Gasteiger partial charge < -0.3 is 15.6 Å². The van der Waals surface area contributed by atoms with Gasteiger partial charge in [-0.3, -0.25) is 0 Å². The van der Waals surface area contributed by atoms with Crippen LogP contribution >= 0.6 is 23.2 Å². The van der Waals surface area contributed by atoms with Gasteiger partial charge in [-0.25, -0.2) is 4.79 Å². The third kappa shape index (κ3) is 3.10. The Bertz CT molecular complexity index is 644. The molecule has 0 aliphatic rings. The molecule has 0 atom stereocenters. The number of carbonyl (C=O) groups excluding carboxylic acids is 1. The zero-order chi connectivity index (χ0) is 14.0. The normalized spacial score (nSPS) is 10.2. The van der Waals surface area contributed by atoms with Crippen LogP contribution in [0.25, 0.3) is 0 Å². The predicted molar refractivity (Wildman–Crippen MR) is 73.9 cm³/mol. The molecule has 0 saturated heterocycles. The van der Waals surface area contributed by atoms with E-state index in [9.17, 15) is 9.90 Å². The molecular weight excluding hydrogens is 289 g/mol. The lowest BCUT2D eigenvalue weighted by molar-refractivity contribution is 0.0732. The van der Waals surface area contributed by atoms with Crippen molar-refractivity contribution in [2.75, 3.05) is 5.73 Å². The Morgan fingerprint density at radius 2 is 1.89 bits per heavy atom. The largest absolute Gasteiger partial charge is 0.507 e. The Labute approximate surface area is 119 Å². The number of nitrogens with two attached hydrogens (primary N) is 1. The number of benzene rings is 2. The summed E-state index contributed by atoms with van der Waals surface area (Å²) in [5, 5.41) is 10.3. The molecule has 0 aliphatic heterocycles. The van der Waals surface area contributed by atoms with Crippen LogP contribution in [0.5, 0.6) is 11.5 Å². The van der Waals surface area contributed by atoms with Crippen molar-refractivity contribution in [2.24, 2.45) is 0 Å². The van der Waals surface area contributed by atoms with Gasteiger partial charge in [0.05, 0.1) is 5.02 Å².